The minimum absolute atomic E-state index is 0.0251. The number of carbonyl (C=O) groups is 1. The average Bonchev–Trinajstić information content (AvgIpc) is 3.20. The van der Waals surface area contributed by atoms with Gasteiger partial charge in [-0.25, -0.2) is 0 Å². The standard InChI is InChI=1S/C16H21N3O/c1-12(20)17-8-9-19-11-13(10-18-14-6-7-14)15-4-2-3-5-16(15)19/h2-5,11,14,18H,6-10H2,1H3,(H,17,20). The third-order valence-corrected chi connectivity index (χ3v) is 3.76. The van der Waals surface area contributed by atoms with Gasteiger partial charge in [0.15, 0.2) is 0 Å². The lowest BCUT2D eigenvalue weighted by atomic mass is 10.2. The molecule has 1 aromatic heterocycles. The van der Waals surface area contributed by atoms with Crippen molar-refractivity contribution in [3.8, 4) is 0 Å². The minimum Gasteiger partial charge on any atom is -0.355 e. The normalized spacial score (nSPS) is 14.7. The molecule has 106 valence electrons. The summed E-state index contributed by atoms with van der Waals surface area (Å²) in [6, 6.07) is 9.19. The Morgan fingerprint density at radius 3 is 2.90 bits per heavy atom. The lowest BCUT2D eigenvalue weighted by molar-refractivity contribution is -0.118. The fourth-order valence-electron chi connectivity index (χ4n) is 2.54. The van der Waals surface area contributed by atoms with Crippen LogP contribution in [0.15, 0.2) is 30.5 Å². The third kappa shape index (κ3) is 3.02. The van der Waals surface area contributed by atoms with Crippen LogP contribution < -0.4 is 10.6 Å². The lowest BCUT2D eigenvalue weighted by Gasteiger charge is -2.05. The monoisotopic (exact) mass is 271 g/mol. The van der Waals surface area contributed by atoms with Crippen molar-refractivity contribution in [3.63, 3.8) is 0 Å². The van der Waals surface area contributed by atoms with Crippen molar-refractivity contribution in [2.75, 3.05) is 6.54 Å². The highest BCUT2D eigenvalue weighted by Crippen LogP contribution is 2.24. The van der Waals surface area contributed by atoms with E-state index in [1.807, 2.05) is 0 Å². The van der Waals surface area contributed by atoms with E-state index < -0.39 is 0 Å². The molecule has 0 atom stereocenters. The highest BCUT2D eigenvalue weighted by atomic mass is 16.1. The zero-order chi connectivity index (χ0) is 13.9. The van der Waals surface area contributed by atoms with Crippen molar-refractivity contribution in [2.24, 2.45) is 0 Å². The van der Waals surface area contributed by atoms with Crippen molar-refractivity contribution in [2.45, 2.75) is 38.9 Å². The number of aromatic nitrogens is 1. The zero-order valence-corrected chi connectivity index (χ0v) is 11.9. The van der Waals surface area contributed by atoms with Gasteiger partial charge in [-0.15, -0.1) is 0 Å². The van der Waals surface area contributed by atoms with Crippen LogP contribution in [0.4, 0.5) is 0 Å². The fraction of sp³-hybridized carbons (Fsp3) is 0.438. The fourth-order valence-corrected chi connectivity index (χ4v) is 2.54. The molecule has 1 aromatic carbocycles. The molecule has 1 aliphatic rings. The summed E-state index contributed by atoms with van der Waals surface area (Å²) in [6.45, 7) is 3.96. The van der Waals surface area contributed by atoms with Gasteiger partial charge in [0.05, 0.1) is 0 Å². The van der Waals surface area contributed by atoms with E-state index in [1.165, 1.54) is 29.3 Å². The number of nitrogens with zero attached hydrogens (tertiary/aromatic N) is 1. The molecule has 1 amide bonds. The summed E-state index contributed by atoms with van der Waals surface area (Å²) in [7, 11) is 0. The highest BCUT2D eigenvalue weighted by molar-refractivity contribution is 5.84. The average molecular weight is 271 g/mol. The second-order valence-electron chi connectivity index (χ2n) is 5.50. The maximum atomic E-state index is 11.0. The van der Waals surface area contributed by atoms with Gasteiger partial charge in [-0.05, 0) is 24.5 Å². The van der Waals surface area contributed by atoms with E-state index >= 15 is 0 Å². The number of rotatable bonds is 6. The number of carbonyl (C=O) groups excluding carboxylic acids is 1. The van der Waals surface area contributed by atoms with Gasteiger partial charge in [-0.2, -0.15) is 0 Å². The highest BCUT2D eigenvalue weighted by Gasteiger charge is 2.20. The molecule has 0 bridgehead atoms. The summed E-state index contributed by atoms with van der Waals surface area (Å²) in [6.07, 6.45) is 4.82. The van der Waals surface area contributed by atoms with Gasteiger partial charge in [-0.3, -0.25) is 4.79 Å². The minimum atomic E-state index is 0.0251. The van der Waals surface area contributed by atoms with E-state index in [-0.39, 0.29) is 5.91 Å². The van der Waals surface area contributed by atoms with Crippen LogP contribution >= 0.6 is 0 Å². The smallest absolute Gasteiger partial charge is 0.216 e. The van der Waals surface area contributed by atoms with Gasteiger partial charge in [0.1, 0.15) is 0 Å². The van der Waals surface area contributed by atoms with Crippen LogP contribution in [0.25, 0.3) is 10.9 Å². The summed E-state index contributed by atoms with van der Waals surface area (Å²) < 4.78 is 2.23. The van der Waals surface area contributed by atoms with Crippen molar-refractivity contribution in [1.82, 2.24) is 15.2 Å². The van der Waals surface area contributed by atoms with Crippen LogP contribution in [0.3, 0.4) is 0 Å². The van der Waals surface area contributed by atoms with Crippen LogP contribution in [0, 0.1) is 0 Å². The SMILES string of the molecule is CC(=O)NCCn1cc(CNC2CC2)c2ccccc21. The number of hydrogen-bond acceptors (Lipinski definition) is 2. The maximum Gasteiger partial charge on any atom is 0.216 e. The molecule has 1 heterocycles. The summed E-state index contributed by atoms with van der Waals surface area (Å²) in [5, 5.41) is 7.73. The Balaban J connectivity index is 1.77. The topological polar surface area (TPSA) is 46.1 Å². The largest absolute Gasteiger partial charge is 0.355 e. The summed E-state index contributed by atoms with van der Waals surface area (Å²) in [4.78, 5) is 11.0. The molecule has 0 spiro atoms. The molecule has 2 aromatic rings. The molecule has 0 unspecified atom stereocenters. The first-order chi connectivity index (χ1) is 9.74. The first-order valence-corrected chi connectivity index (χ1v) is 7.28. The number of para-hydroxylation sites is 1. The van der Waals surface area contributed by atoms with Gasteiger partial charge in [0, 0.05) is 49.7 Å². The van der Waals surface area contributed by atoms with Gasteiger partial charge in [0.2, 0.25) is 5.91 Å². The Morgan fingerprint density at radius 1 is 1.35 bits per heavy atom. The molecule has 0 radical (unpaired) electrons. The van der Waals surface area contributed by atoms with E-state index in [4.69, 9.17) is 0 Å². The Morgan fingerprint density at radius 2 is 2.15 bits per heavy atom. The molecule has 3 rings (SSSR count). The third-order valence-electron chi connectivity index (χ3n) is 3.76. The Labute approximate surface area is 119 Å². The molecule has 0 aliphatic heterocycles. The molecule has 1 aliphatic carbocycles. The van der Waals surface area contributed by atoms with Crippen molar-refractivity contribution >= 4 is 16.8 Å². The van der Waals surface area contributed by atoms with Crippen LogP contribution in [-0.2, 0) is 17.9 Å². The molecular formula is C16H21N3O. The van der Waals surface area contributed by atoms with Crippen LogP contribution in [0.1, 0.15) is 25.3 Å². The predicted molar refractivity (Wildman–Crippen MR) is 80.5 cm³/mol. The molecule has 1 fully saturated rings. The molecule has 2 N–H and O–H groups in total. The van der Waals surface area contributed by atoms with Crippen molar-refractivity contribution < 1.29 is 4.79 Å². The molecule has 20 heavy (non-hydrogen) atoms. The first-order valence-electron chi connectivity index (χ1n) is 7.28. The number of amides is 1. The number of benzene rings is 1. The molecular weight excluding hydrogens is 250 g/mol. The van der Waals surface area contributed by atoms with Crippen molar-refractivity contribution in [3.05, 3.63) is 36.0 Å². The summed E-state index contributed by atoms with van der Waals surface area (Å²) in [5.41, 5.74) is 2.58. The summed E-state index contributed by atoms with van der Waals surface area (Å²) in [5.74, 6) is 0.0251. The summed E-state index contributed by atoms with van der Waals surface area (Å²) >= 11 is 0. The quantitative estimate of drug-likeness (QED) is 0.844. The molecule has 1 saturated carbocycles. The molecule has 4 heteroatoms. The molecule has 0 saturated heterocycles. The van der Waals surface area contributed by atoms with Gasteiger partial charge in [-0.1, -0.05) is 18.2 Å². The Hall–Kier alpha value is -1.81. The predicted octanol–water partition coefficient (Wildman–Crippen LogP) is 2.03. The van der Waals surface area contributed by atoms with E-state index in [0.29, 0.717) is 6.54 Å². The first kappa shape index (κ1) is 13.2. The number of nitrogens with one attached hydrogen (secondary N) is 2. The van der Waals surface area contributed by atoms with Gasteiger partial charge in [0.25, 0.3) is 0 Å². The number of hydrogen-bond donors (Lipinski definition) is 2. The van der Waals surface area contributed by atoms with Crippen molar-refractivity contribution in [1.29, 1.82) is 0 Å². The lowest BCUT2D eigenvalue weighted by Crippen LogP contribution is -2.24. The Bertz CT molecular complexity index is 613. The second kappa shape index (κ2) is 5.67. The Kier molecular flexibility index (Phi) is 3.74. The van der Waals surface area contributed by atoms with Crippen LogP contribution in [0.5, 0.6) is 0 Å². The second-order valence-corrected chi connectivity index (χ2v) is 5.50. The van der Waals surface area contributed by atoms with E-state index in [2.05, 4.69) is 45.7 Å². The van der Waals surface area contributed by atoms with E-state index in [0.717, 1.165) is 19.1 Å². The van der Waals surface area contributed by atoms with Gasteiger partial charge < -0.3 is 15.2 Å². The van der Waals surface area contributed by atoms with E-state index in [9.17, 15) is 4.79 Å². The van der Waals surface area contributed by atoms with E-state index in [1.54, 1.807) is 6.92 Å². The zero-order valence-electron chi connectivity index (χ0n) is 11.9. The van der Waals surface area contributed by atoms with Crippen LogP contribution in [-0.4, -0.2) is 23.1 Å². The van der Waals surface area contributed by atoms with Crippen LogP contribution in [0.2, 0.25) is 0 Å². The van der Waals surface area contributed by atoms with Gasteiger partial charge >= 0.3 is 0 Å². The number of fused-ring (bicyclic) bond motifs is 1. The molecule has 4 nitrogen and oxygen atoms in total. The maximum absolute atomic E-state index is 11.0.